The van der Waals surface area contributed by atoms with E-state index in [0.717, 1.165) is 108 Å². The third-order valence-corrected chi connectivity index (χ3v) is 18.5. The van der Waals surface area contributed by atoms with Crippen molar-refractivity contribution in [2.24, 2.45) is 17.8 Å². The molecule has 0 saturated heterocycles. The summed E-state index contributed by atoms with van der Waals surface area (Å²) in [5.41, 5.74) is 0. The molecule has 19 heteroatoms. The van der Waals surface area contributed by atoms with Gasteiger partial charge >= 0.3 is 39.5 Å². The zero-order chi connectivity index (χ0) is 65.2. The van der Waals surface area contributed by atoms with Crippen LogP contribution in [0.5, 0.6) is 0 Å². The van der Waals surface area contributed by atoms with Gasteiger partial charge in [-0.05, 0) is 43.4 Å². The summed E-state index contributed by atoms with van der Waals surface area (Å²) in [6.45, 7) is 11.8. The van der Waals surface area contributed by atoms with Crippen molar-refractivity contribution in [1.29, 1.82) is 0 Å². The molecule has 0 bridgehead atoms. The van der Waals surface area contributed by atoms with Crippen molar-refractivity contribution in [3.8, 4) is 0 Å². The molecule has 0 radical (unpaired) electrons. The molecular formula is C69H134O17P2. The van der Waals surface area contributed by atoms with Gasteiger partial charge in [-0.25, -0.2) is 9.13 Å². The molecule has 522 valence electrons. The number of hydrogen-bond donors (Lipinski definition) is 3. The molecule has 0 aliphatic rings. The molecule has 0 saturated carbocycles. The lowest BCUT2D eigenvalue weighted by Crippen LogP contribution is -2.30. The topological polar surface area (TPSA) is 237 Å². The van der Waals surface area contributed by atoms with Gasteiger partial charge in [0.05, 0.1) is 26.4 Å². The smallest absolute Gasteiger partial charge is 0.462 e. The summed E-state index contributed by atoms with van der Waals surface area (Å²) in [7, 11) is -9.89. The Balaban J connectivity index is 5.21. The normalized spacial score (nSPS) is 14.9. The van der Waals surface area contributed by atoms with Crippen LogP contribution < -0.4 is 0 Å². The van der Waals surface area contributed by atoms with Gasteiger partial charge in [0.15, 0.2) is 12.2 Å². The number of phosphoric ester groups is 2. The van der Waals surface area contributed by atoms with E-state index in [2.05, 4.69) is 48.5 Å². The third kappa shape index (κ3) is 60.3. The van der Waals surface area contributed by atoms with E-state index in [-0.39, 0.29) is 25.7 Å². The largest absolute Gasteiger partial charge is 0.472 e. The van der Waals surface area contributed by atoms with Gasteiger partial charge in [-0.2, -0.15) is 0 Å². The van der Waals surface area contributed by atoms with Crippen molar-refractivity contribution >= 4 is 39.5 Å². The standard InChI is InChI=1S/C69H134O17P2/c1-8-11-12-13-14-29-36-43-50-66(71)79-56-65(86-69(74)53-46-39-32-25-26-33-40-47-60(4)5)59-84-88(77,78)82-55-63(70)54-81-87(75,76)83-58-64(57-80-67(72)51-44-37-30-24-23-28-35-42-49-62(7)10-3)85-68(73)52-45-38-31-22-20-18-16-15-17-19-21-27-34-41-48-61(6)9-2/h60-65,70H,8-59H2,1-7H3,(H,75,76)(H,77,78)/t61?,62?,63-,64-,65-/m1/s1. The lowest BCUT2D eigenvalue weighted by atomic mass is 9.99. The maximum absolute atomic E-state index is 13.0. The predicted octanol–water partition coefficient (Wildman–Crippen LogP) is 19.5. The highest BCUT2D eigenvalue weighted by Crippen LogP contribution is 2.45. The summed E-state index contributed by atoms with van der Waals surface area (Å²) in [6, 6.07) is 0. The molecule has 0 spiro atoms. The number of carbonyl (C=O) groups is 4. The van der Waals surface area contributed by atoms with Crippen LogP contribution in [0, 0.1) is 17.8 Å². The number of rotatable bonds is 67. The van der Waals surface area contributed by atoms with Crippen LogP contribution in [0.3, 0.4) is 0 Å². The molecule has 0 aromatic rings. The van der Waals surface area contributed by atoms with E-state index in [9.17, 15) is 43.2 Å². The Morgan fingerprint density at radius 2 is 0.580 bits per heavy atom. The monoisotopic (exact) mass is 1300 g/mol. The number of hydrogen-bond acceptors (Lipinski definition) is 15. The zero-order valence-corrected chi connectivity index (χ0v) is 59.0. The van der Waals surface area contributed by atoms with Crippen LogP contribution in [0.15, 0.2) is 0 Å². The Morgan fingerprint density at radius 3 is 0.864 bits per heavy atom. The van der Waals surface area contributed by atoms with Crippen molar-refractivity contribution in [3.63, 3.8) is 0 Å². The van der Waals surface area contributed by atoms with Crippen LogP contribution in [0.1, 0.15) is 344 Å². The SMILES string of the molecule is CCCCCCCCCCC(=O)OC[C@H](COP(=O)(O)OC[C@H](O)COP(=O)(O)OC[C@@H](COC(=O)CCCCCCCCCCC(C)CC)OC(=O)CCCCCCCCCCCCCCCCC(C)CC)OC(=O)CCCCCCCCCC(C)C. The maximum Gasteiger partial charge on any atom is 0.472 e. The van der Waals surface area contributed by atoms with E-state index in [4.69, 9.17) is 37.0 Å². The zero-order valence-electron chi connectivity index (χ0n) is 57.2. The second-order valence-electron chi connectivity index (χ2n) is 25.9. The number of aliphatic hydroxyl groups excluding tert-OH is 1. The molecule has 0 rings (SSSR count). The Labute approximate surface area is 537 Å². The van der Waals surface area contributed by atoms with E-state index in [1.165, 1.54) is 148 Å². The summed E-state index contributed by atoms with van der Waals surface area (Å²) in [5, 5.41) is 10.6. The van der Waals surface area contributed by atoms with E-state index < -0.39 is 97.5 Å². The fourth-order valence-corrected chi connectivity index (χ4v) is 11.9. The first-order valence-electron chi connectivity index (χ1n) is 35.9. The number of ether oxygens (including phenoxy) is 4. The lowest BCUT2D eigenvalue weighted by molar-refractivity contribution is -0.161. The van der Waals surface area contributed by atoms with E-state index in [1.54, 1.807) is 0 Å². The fourth-order valence-electron chi connectivity index (χ4n) is 10.3. The number of unbranched alkanes of at least 4 members (excludes halogenated alkanes) is 33. The Kier molecular flexibility index (Phi) is 58.7. The van der Waals surface area contributed by atoms with Gasteiger partial charge in [-0.1, -0.05) is 292 Å². The van der Waals surface area contributed by atoms with Gasteiger partial charge in [-0.3, -0.25) is 37.3 Å². The summed E-state index contributed by atoms with van der Waals surface area (Å²) < 4.78 is 68.1. The van der Waals surface area contributed by atoms with Gasteiger partial charge in [0, 0.05) is 25.7 Å². The molecule has 0 fully saturated rings. The maximum atomic E-state index is 13.0. The van der Waals surface area contributed by atoms with E-state index >= 15 is 0 Å². The highest BCUT2D eigenvalue weighted by Gasteiger charge is 2.30. The average Bonchev–Trinajstić information content (AvgIpc) is 3.50. The number of aliphatic hydroxyl groups is 1. The van der Waals surface area contributed by atoms with Gasteiger partial charge in [0.2, 0.25) is 0 Å². The molecular weight excluding hydrogens is 1160 g/mol. The van der Waals surface area contributed by atoms with E-state index in [1.807, 2.05) is 0 Å². The van der Waals surface area contributed by atoms with Crippen LogP contribution in [0.4, 0.5) is 0 Å². The molecule has 0 aromatic heterocycles. The minimum atomic E-state index is -4.95. The third-order valence-electron chi connectivity index (χ3n) is 16.6. The van der Waals surface area contributed by atoms with Crippen LogP contribution in [0.2, 0.25) is 0 Å². The molecule has 3 N–H and O–H groups in total. The predicted molar refractivity (Wildman–Crippen MR) is 354 cm³/mol. The molecule has 88 heavy (non-hydrogen) atoms. The first kappa shape index (κ1) is 86.1. The Hall–Kier alpha value is -1.94. The molecule has 0 aromatic carbocycles. The summed E-state index contributed by atoms with van der Waals surface area (Å²) in [5.74, 6) is 0.187. The van der Waals surface area contributed by atoms with Crippen LogP contribution in [0.25, 0.3) is 0 Å². The number of esters is 4. The van der Waals surface area contributed by atoms with Crippen molar-refractivity contribution in [2.75, 3.05) is 39.6 Å². The number of phosphoric acid groups is 2. The first-order valence-corrected chi connectivity index (χ1v) is 38.9. The van der Waals surface area contributed by atoms with Crippen molar-refractivity contribution in [2.45, 2.75) is 362 Å². The van der Waals surface area contributed by atoms with Gasteiger partial charge in [0.25, 0.3) is 0 Å². The molecule has 0 heterocycles. The second-order valence-corrected chi connectivity index (χ2v) is 28.8. The van der Waals surface area contributed by atoms with Gasteiger partial charge in [0.1, 0.15) is 19.3 Å². The molecule has 17 nitrogen and oxygen atoms in total. The van der Waals surface area contributed by atoms with E-state index in [0.29, 0.717) is 31.6 Å². The van der Waals surface area contributed by atoms with Gasteiger partial charge in [-0.15, -0.1) is 0 Å². The van der Waals surface area contributed by atoms with Crippen molar-refractivity contribution < 1.29 is 80.2 Å². The summed E-state index contributed by atoms with van der Waals surface area (Å²) in [4.78, 5) is 72.4. The highest BCUT2D eigenvalue weighted by atomic mass is 31.2. The summed E-state index contributed by atoms with van der Waals surface area (Å²) in [6.07, 6.45) is 43.1. The molecule has 0 aliphatic heterocycles. The lowest BCUT2D eigenvalue weighted by Gasteiger charge is -2.21. The van der Waals surface area contributed by atoms with Crippen molar-refractivity contribution in [3.05, 3.63) is 0 Å². The Morgan fingerprint density at radius 1 is 0.330 bits per heavy atom. The van der Waals surface area contributed by atoms with Crippen LogP contribution in [-0.2, 0) is 65.4 Å². The van der Waals surface area contributed by atoms with Crippen LogP contribution in [-0.4, -0.2) is 96.7 Å². The fraction of sp³-hybridized carbons (Fsp3) is 0.942. The number of carbonyl (C=O) groups excluding carboxylic acids is 4. The summed E-state index contributed by atoms with van der Waals surface area (Å²) >= 11 is 0. The highest BCUT2D eigenvalue weighted by molar-refractivity contribution is 7.47. The minimum Gasteiger partial charge on any atom is -0.462 e. The Bertz CT molecular complexity index is 1740. The van der Waals surface area contributed by atoms with Crippen molar-refractivity contribution in [1.82, 2.24) is 0 Å². The molecule has 0 amide bonds. The first-order chi connectivity index (χ1) is 42.3. The second kappa shape index (κ2) is 60.0. The molecule has 4 unspecified atom stereocenters. The van der Waals surface area contributed by atoms with Gasteiger partial charge < -0.3 is 33.8 Å². The molecule has 0 aliphatic carbocycles. The molecule has 7 atom stereocenters. The quantitative estimate of drug-likeness (QED) is 0.0222. The minimum absolute atomic E-state index is 0.103. The average molecular weight is 1300 g/mol. The van der Waals surface area contributed by atoms with Crippen LogP contribution >= 0.6 is 15.6 Å².